The maximum atomic E-state index is 12.5. The van der Waals surface area contributed by atoms with E-state index < -0.39 is 0 Å². The Bertz CT molecular complexity index is 572. The number of anilines is 1. The zero-order valence-electron chi connectivity index (χ0n) is 14.8. The Morgan fingerprint density at radius 3 is 2.83 bits per heavy atom. The van der Waals surface area contributed by atoms with E-state index >= 15 is 0 Å². The highest BCUT2D eigenvalue weighted by Gasteiger charge is 2.28. The lowest BCUT2D eigenvalue weighted by atomic mass is 10.1. The minimum Gasteiger partial charge on any atom is -0.493 e. The highest BCUT2D eigenvalue weighted by Crippen LogP contribution is 2.24. The van der Waals surface area contributed by atoms with E-state index in [1.807, 2.05) is 24.0 Å². The van der Waals surface area contributed by atoms with Crippen LogP contribution in [0.25, 0.3) is 0 Å². The minimum absolute atomic E-state index is 0.0763. The predicted molar refractivity (Wildman–Crippen MR) is 94.5 cm³/mol. The van der Waals surface area contributed by atoms with Crippen molar-refractivity contribution in [1.82, 2.24) is 14.8 Å². The molecule has 0 spiro atoms. The molecule has 1 N–H and O–H groups in total. The monoisotopic (exact) mass is 332 g/mol. The van der Waals surface area contributed by atoms with Crippen LogP contribution in [0.4, 0.5) is 10.6 Å². The first-order valence-electron chi connectivity index (χ1n) is 8.95. The van der Waals surface area contributed by atoms with E-state index in [1.54, 1.807) is 7.11 Å². The molecule has 0 radical (unpaired) electrons. The first-order chi connectivity index (χ1) is 11.7. The van der Waals surface area contributed by atoms with E-state index in [4.69, 9.17) is 4.74 Å². The first-order valence-corrected chi connectivity index (χ1v) is 8.95. The van der Waals surface area contributed by atoms with Gasteiger partial charge in [0.2, 0.25) is 0 Å². The molecule has 6 nitrogen and oxygen atoms in total. The summed E-state index contributed by atoms with van der Waals surface area (Å²) in [6.07, 6.45) is 5.08. The molecule has 6 heteroatoms. The summed E-state index contributed by atoms with van der Waals surface area (Å²) in [4.78, 5) is 21.4. The topological polar surface area (TPSA) is 57.7 Å². The van der Waals surface area contributed by atoms with Crippen molar-refractivity contribution in [2.45, 2.75) is 32.6 Å². The normalized spacial score (nSPS) is 21.8. The van der Waals surface area contributed by atoms with Gasteiger partial charge in [0.05, 0.1) is 7.11 Å². The fraction of sp³-hybridized carbons (Fsp3) is 0.667. The fourth-order valence-electron chi connectivity index (χ4n) is 3.65. The fourth-order valence-corrected chi connectivity index (χ4v) is 3.65. The Kier molecular flexibility index (Phi) is 5.56. The molecule has 3 rings (SSSR count). The molecule has 0 aliphatic carbocycles. The van der Waals surface area contributed by atoms with Crippen LogP contribution in [0.5, 0.6) is 5.75 Å². The summed E-state index contributed by atoms with van der Waals surface area (Å²) < 4.78 is 5.28. The molecule has 2 fully saturated rings. The molecule has 0 aromatic carbocycles. The molecular weight excluding hydrogens is 304 g/mol. The Morgan fingerprint density at radius 2 is 2.08 bits per heavy atom. The first kappa shape index (κ1) is 17.0. The quantitative estimate of drug-likeness (QED) is 0.921. The molecule has 2 amide bonds. The van der Waals surface area contributed by atoms with Crippen LogP contribution in [0.2, 0.25) is 0 Å². The van der Waals surface area contributed by atoms with Crippen LogP contribution in [0, 0.1) is 12.8 Å². The number of hydrogen-bond acceptors (Lipinski definition) is 4. The van der Waals surface area contributed by atoms with E-state index in [9.17, 15) is 4.79 Å². The van der Waals surface area contributed by atoms with Crippen LogP contribution in [0.3, 0.4) is 0 Å². The zero-order chi connectivity index (χ0) is 16.9. The molecule has 1 atom stereocenters. The van der Waals surface area contributed by atoms with Crippen molar-refractivity contribution in [3.8, 4) is 5.75 Å². The summed E-state index contributed by atoms with van der Waals surface area (Å²) in [7, 11) is 1.59. The maximum Gasteiger partial charge on any atom is 0.323 e. The molecule has 3 heterocycles. The molecule has 2 saturated heterocycles. The number of nitrogens with one attached hydrogen (secondary N) is 1. The van der Waals surface area contributed by atoms with Crippen molar-refractivity contribution in [2.75, 3.05) is 45.2 Å². The van der Waals surface area contributed by atoms with Gasteiger partial charge in [-0.2, -0.15) is 0 Å². The van der Waals surface area contributed by atoms with Crippen molar-refractivity contribution in [1.29, 1.82) is 0 Å². The number of likely N-dealkylation sites (tertiary alicyclic amines) is 2. The van der Waals surface area contributed by atoms with Crippen molar-refractivity contribution >= 4 is 11.8 Å². The van der Waals surface area contributed by atoms with Crippen LogP contribution < -0.4 is 10.1 Å². The second-order valence-electron chi connectivity index (χ2n) is 6.90. The Hall–Kier alpha value is -1.82. The third-order valence-corrected chi connectivity index (χ3v) is 4.98. The largest absolute Gasteiger partial charge is 0.493 e. The minimum atomic E-state index is -0.0763. The van der Waals surface area contributed by atoms with Gasteiger partial charge in [0.25, 0.3) is 0 Å². The number of carbonyl (C=O) groups is 1. The SMILES string of the molecule is COc1ccc(C)nc1NC(=O)N1CCC(CN2CCCCC2)C1. The number of pyridine rings is 1. The highest BCUT2D eigenvalue weighted by atomic mass is 16.5. The average Bonchev–Trinajstić information content (AvgIpc) is 3.05. The van der Waals surface area contributed by atoms with Gasteiger partial charge in [-0.25, -0.2) is 9.78 Å². The number of ether oxygens (including phenoxy) is 1. The Balaban J connectivity index is 1.53. The molecule has 1 aromatic rings. The van der Waals surface area contributed by atoms with Crippen LogP contribution in [0.15, 0.2) is 12.1 Å². The van der Waals surface area contributed by atoms with E-state index in [0.717, 1.165) is 31.7 Å². The average molecular weight is 332 g/mol. The van der Waals surface area contributed by atoms with E-state index in [2.05, 4.69) is 15.2 Å². The van der Waals surface area contributed by atoms with E-state index in [1.165, 1.54) is 32.4 Å². The number of methoxy groups -OCH3 is 1. The summed E-state index contributed by atoms with van der Waals surface area (Å²) in [6, 6.07) is 3.63. The summed E-state index contributed by atoms with van der Waals surface area (Å²) in [5.74, 6) is 1.68. The lowest BCUT2D eigenvalue weighted by molar-refractivity contribution is 0.192. The van der Waals surface area contributed by atoms with Crippen molar-refractivity contribution < 1.29 is 9.53 Å². The van der Waals surface area contributed by atoms with Gasteiger partial charge in [-0.15, -0.1) is 0 Å². The lowest BCUT2D eigenvalue weighted by Crippen LogP contribution is -2.37. The number of aryl methyl sites for hydroxylation is 1. The maximum absolute atomic E-state index is 12.5. The van der Waals surface area contributed by atoms with Crippen LogP contribution in [0.1, 0.15) is 31.4 Å². The third-order valence-electron chi connectivity index (χ3n) is 4.98. The second kappa shape index (κ2) is 7.83. The zero-order valence-corrected chi connectivity index (χ0v) is 14.8. The Morgan fingerprint density at radius 1 is 1.29 bits per heavy atom. The summed E-state index contributed by atoms with van der Waals surface area (Å²) in [5.41, 5.74) is 0.857. The highest BCUT2D eigenvalue weighted by molar-refractivity contribution is 5.90. The number of urea groups is 1. The standard InChI is InChI=1S/C18H28N4O2/c1-14-6-7-16(24-2)17(19-14)20-18(23)22-11-8-15(13-22)12-21-9-4-3-5-10-21/h6-7,15H,3-5,8-13H2,1-2H3,(H,19,20,23). The summed E-state index contributed by atoms with van der Waals surface area (Å²) in [6.45, 7) is 7.10. The molecule has 1 unspecified atom stereocenters. The Labute approximate surface area is 144 Å². The number of carbonyl (C=O) groups excluding carboxylic acids is 1. The molecule has 0 bridgehead atoms. The molecule has 132 valence electrons. The molecule has 24 heavy (non-hydrogen) atoms. The molecule has 1 aromatic heterocycles. The van der Waals surface area contributed by atoms with Crippen LogP contribution >= 0.6 is 0 Å². The van der Waals surface area contributed by atoms with Crippen molar-refractivity contribution in [2.24, 2.45) is 5.92 Å². The molecule has 0 saturated carbocycles. The molecule has 2 aliphatic rings. The third kappa shape index (κ3) is 4.17. The van der Waals surface area contributed by atoms with Gasteiger partial charge in [-0.05, 0) is 57.3 Å². The number of amides is 2. The molecular formula is C18H28N4O2. The number of aromatic nitrogens is 1. The number of hydrogen-bond donors (Lipinski definition) is 1. The lowest BCUT2D eigenvalue weighted by Gasteiger charge is -2.29. The molecule has 2 aliphatic heterocycles. The van der Waals surface area contributed by atoms with Gasteiger partial charge in [0.1, 0.15) is 0 Å². The van der Waals surface area contributed by atoms with Gasteiger partial charge < -0.3 is 14.5 Å². The summed E-state index contributed by atoms with van der Waals surface area (Å²) in [5, 5.41) is 2.91. The predicted octanol–water partition coefficient (Wildman–Crippen LogP) is 2.74. The van der Waals surface area contributed by atoms with E-state index in [-0.39, 0.29) is 6.03 Å². The van der Waals surface area contributed by atoms with E-state index in [0.29, 0.717) is 17.5 Å². The smallest absolute Gasteiger partial charge is 0.323 e. The van der Waals surface area contributed by atoms with Gasteiger partial charge in [0.15, 0.2) is 11.6 Å². The van der Waals surface area contributed by atoms with Gasteiger partial charge in [0, 0.05) is 25.3 Å². The number of rotatable bonds is 4. The van der Waals surface area contributed by atoms with Gasteiger partial charge in [-0.3, -0.25) is 5.32 Å². The number of nitrogens with zero attached hydrogens (tertiary/aromatic N) is 3. The summed E-state index contributed by atoms with van der Waals surface area (Å²) >= 11 is 0. The van der Waals surface area contributed by atoms with Gasteiger partial charge in [-0.1, -0.05) is 6.42 Å². The van der Waals surface area contributed by atoms with Crippen LogP contribution in [-0.4, -0.2) is 60.6 Å². The van der Waals surface area contributed by atoms with Gasteiger partial charge >= 0.3 is 6.03 Å². The number of piperidine rings is 1. The second-order valence-corrected chi connectivity index (χ2v) is 6.90. The van der Waals surface area contributed by atoms with Crippen molar-refractivity contribution in [3.63, 3.8) is 0 Å². The van der Waals surface area contributed by atoms with Crippen LogP contribution in [-0.2, 0) is 0 Å². The van der Waals surface area contributed by atoms with Crippen molar-refractivity contribution in [3.05, 3.63) is 17.8 Å².